The second-order valence-electron chi connectivity index (χ2n) is 7.36. The smallest absolute Gasteiger partial charge is 0.416 e. The molecule has 0 aromatic heterocycles. The summed E-state index contributed by atoms with van der Waals surface area (Å²) in [5.74, 6) is -0.486. The molecule has 0 saturated heterocycles. The Labute approximate surface area is 177 Å². The topological polar surface area (TPSA) is 90.7 Å². The summed E-state index contributed by atoms with van der Waals surface area (Å²) in [5.41, 5.74) is -2.03. The molecule has 0 aliphatic heterocycles. The first-order valence-electron chi connectivity index (χ1n) is 9.36. The highest BCUT2D eigenvalue weighted by Gasteiger charge is 2.33. The highest BCUT2D eigenvalue weighted by atomic mass is 19.4. The Morgan fingerprint density at radius 1 is 1.13 bits per heavy atom. The lowest BCUT2D eigenvalue weighted by Gasteiger charge is -2.26. The predicted molar refractivity (Wildman–Crippen MR) is 108 cm³/mol. The van der Waals surface area contributed by atoms with Crippen LogP contribution in [-0.4, -0.2) is 31.1 Å². The zero-order valence-corrected chi connectivity index (χ0v) is 17.5. The second-order valence-corrected chi connectivity index (χ2v) is 7.36. The lowest BCUT2D eigenvalue weighted by Crippen LogP contribution is -2.37. The van der Waals surface area contributed by atoms with Crippen molar-refractivity contribution in [3.8, 4) is 11.5 Å². The molecule has 2 aromatic carbocycles. The number of carbonyl (C=O) groups excluding carboxylic acids is 1. The first-order valence-corrected chi connectivity index (χ1v) is 9.36. The number of hydrogen-bond donors (Lipinski definition) is 1. The van der Waals surface area contributed by atoms with E-state index < -0.39 is 33.7 Å². The van der Waals surface area contributed by atoms with Crippen molar-refractivity contribution in [1.29, 1.82) is 0 Å². The molecule has 0 radical (unpaired) electrons. The summed E-state index contributed by atoms with van der Waals surface area (Å²) in [7, 11) is 1.34. The van der Waals surface area contributed by atoms with Crippen LogP contribution < -0.4 is 14.8 Å². The van der Waals surface area contributed by atoms with Gasteiger partial charge in [-0.2, -0.15) is 13.2 Å². The van der Waals surface area contributed by atoms with Crippen molar-refractivity contribution < 1.29 is 32.4 Å². The van der Waals surface area contributed by atoms with E-state index in [1.165, 1.54) is 25.3 Å². The summed E-state index contributed by atoms with van der Waals surface area (Å²) in [6.45, 7) is 5.21. The number of rotatable bonds is 8. The van der Waals surface area contributed by atoms with Crippen LogP contribution in [0.2, 0.25) is 0 Å². The molecule has 1 amide bonds. The molecule has 2 aromatic rings. The number of amides is 1. The number of carbonyl (C=O) groups is 1. The summed E-state index contributed by atoms with van der Waals surface area (Å²) in [6, 6.07) is 7.13. The van der Waals surface area contributed by atoms with Crippen LogP contribution in [0.15, 0.2) is 36.4 Å². The number of nitrogens with one attached hydrogen (secondary N) is 1. The number of hydrogen-bond acceptors (Lipinski definition) is 5. The van der Waals surface area contributed by atoms with Gasteiger partial charge >= 0.3 is 6.18 Å². The van der Waals surface area contributed by atoms with Crippen LogP contribution in [0.4, 0.5) is 18.9 Å². The summed E-state index contributed by atoms with van der Waals surface area (Å²) in [6.07, 6.45) is -4.49. The first kappa shape index (κ1) is 24.0. The second kappa shape index (κ2) is 9.23. The lowest BCUT2D eigenvalue weighted by atomic mass is 9.83. The maximum Gasteiger partial charge on any atom is 0.416 e. The van der Waals surface area contributed by atoms with Crippen LogP contribution in [0, 0.1) is 10.1 Å². The Balaban J connectivity index is 2.30. The largest absolute Gasteiger partial charge is 0.493 e. The summed E-state index contributed by atoms with van der Waals surface area (Å²) in [5, 5.41) is 14.0. The highest BCUT2D eigenvalue weighted by Crippen LogP contribution is 2.35. The van der Waals surface area contributed by atoms with Crippen molar-refractivity contribution in [2.75, 3.05) is 20.3 Å². The minimum atomic E-state index is -4.49. The number of alkyl halides is 3. The normalized spacial score (nSPS) is 11.7. The number of nitrogens with zero attached hydrogens (tertiary/aromatic N) is 1. The number of halogens is 3. The van der Waals surface area contributed by atoms with E-state index in [0.717, 1.165) is 18.2 Å². The third kappa shape index (κ3) is 5.65. The monoisotopic (exact) mass is 440 g/mol. The third-order valence-corrected chi connectivity index (χ3v) is 4.69. The van der Waals surface area contributed by atoms with Crippen LogP contribution in [0.25, 0.3) is 0 Å². The maximum atomic E-state index is 13.0. The SMILES string of the molecule is CCOc1cc([N+](=O)[O-])c(C(=O)NCC(C)(C)c2cccc(C(F)(F)F)c2)cc1OC. The van der Waals surface area contributed by atoms with E-state index in [2.05, 4.69) is 5.32 Å². The Hall–Kier alpha value is -3.30. The van der Waals surface area contributed by atoms with Gasteiger partial charge in [0.15, 0.2) is 11.5 Å². The molecule has 0 heterocycles. The van der Waals surface area contributed by atoms with Gasteiger partial charge in [0.2, 0.25) is 0 Å². The van der Waals surface area contributed by atoms with Crippen LogP contribution in [0.3, 0.4) is 0 Å². The Morgan fingerprint density at radius 2 is 1.77 bits per heavy atom. The number of nitro groups is 1. The molecule has 0 bridgehead atoms. The molecule has 0 atom stereocenters. The molecular weight excluding hydrogens is 417 g/mol. The fourth-order valence-corrected chi connectivity index (χ4v) is 2.92. The molecule has 1 N–H and O–H groups in total. The van der Waals surface area contributed by atoms with Gasteiger partial charge in [-0.05, 0) is 18.6 Å². The van der Waals surface area contributed by atoms with E-state index in [-0.39, 0.29) is 30.2 Å². The molecule has 2 rings (SSSR count). The zero-order chi connectivity index (χ0) is 23.4. The van der Waals surface area contributed by atoms with Crippen molar-refractivity contribution >= 4 is 11.6 Å². The molecule has 0 unspecified atom stereocenters. The molecule has 0 aliphatic carbocycles. The summed E-state index contributed by atoms with van der Waals surface area (Å²) >= 11 is 0. The molecule has 0 saturated carbocycles. The highest BCUT2D eigenvalue weighted by molar-refractivity contribution is 5.99. The number of methoxy groups -OCH3 is 1. The maximum absolute atomic E-state index is 13.0. The van der Waals surface area contributed by atoms with E-state index in [1.807, 2.05) is 0 Å². The molecule has 10 heteroatoms. The van der Waals surface area contributed by atoms with E-state index >= 15 is 0 Å². The van der Waals surface area contributed by atoms with E-state index in [4.69, 9.17) is 9.47 Å². The number of benzene rings is 2. The van der Waals surface area contributed by atoms with Crippen LogP contribution in [0.1, 0.15) is 42.3 Å². The van der Waals surface area contributed by atoms with Gasteiger partial charge in [-0.3, -0.25) is 14.9 Å². The molecule has 0 aliphatic rings. The Bertz CT molecular complexity index is 974. The van der Waals surface area contributed by atoms with Gasteiger partial charge in [0, 0.05) is 18.0 Å². The van der Waals surface area contributed by atoms with Gasteiger partial charge in [-0.25, -0.2) is 0 Å². The van der Waals surface area contributed by atoms with E-state index in [0.29, 0.717) is 5.56 Å². The van der Waals surface area contributed by atoms with Crippen molar-refractivity contribution in [1.82, 2.24) is 5.32 Å². The fraction of sp³-hybridized carbons (Fsp3) is 0.381. The molecule has 168 valence electrons. The molecular formula is C21H23F3N2O5. The molecule has 0 spiro atoms. The van der Waals surface area contributed by atoms with Crippen molar-refractivity contribution in [3.63, 3.8) is 0 Å². The number of nitro benzene ring substituents is 1. The summed E-state index contributed by atoms with van der Waals surface area (Å²) in [4.78, 5) is 23.5. The quantitative estimate of drug-likeness (QED) is 0.474. The summed E-state index contributed by atoms with van der Waals surface area (Å²) < 4.78 is 49.5. The standard InChI is InChI=1S/C21H23F3N2O5/c1-5-31-18-11-16(26(28)29)15(10-17(18)30-4)19(27)25-12-20(2,3)13-7-6-8-14(9-13)21(22,23)24/h6-11H,5,12H2,1-4H3,(H,25,27). The van der Waals surface area contributed by atoms with Gasteiger partial charge in [-0.1, -0.05) is 32.0 Å². The van der Waals surface area contributed by atoms with Crippen molar-refractivity contribution in [2.45, 2.75) is 32.4 Å². The lowest BCUT2D eigenvalue weighted by molar-refractivity contribution is -0.385. The van der Waals surface area contributed by atoms with Gasteiger partial charge in [0.1, 0.15) is 5.56 Å². The van der Waals surface area contributed by atoms with Gasteiger partial charge < -0.3 is 14.8 Å². The average Bonchev–Trinajstić information content (AvgIpc) is 2.71. The van der Waals surface area contributed by atoms with Crippen molar-refractivity contribution in [2.24, 2.45) is 0 Å². The molecule has 7 nitrogen and oxygen atoms in total. The first-order chi connectivity index (χ1) is 14.4. The average molecular weight is 440 g/mol. The van der Waals surface area contributed by atoms with Crippen molar-refractivity contribution in [3.05, 3.63) is 63.2 Å². The molecule has 0 fully saturated rings. The Kier molecular flexibility index (Phi) is 7.14. The van der Waals surface area contributed by atoms with Crippen LogP contribution >= 0.6 is 0 Å². The van der Waals surface area contributed by atoms with E-state index in [1.54, 1.807) is 20.8 Å². The van der Waals surface area contributed by atoms with E-state index in [9.17, 15) is 28.1 Å². The third-order valence-electron chi connectivity index (χ3n) is 4.69. The molecule has 31 heavy (non-hydrogen) atoms. The van der Waals surface area contributed by atoms with Gasteiger partial charge in [-0.15, -0.1) is 0 Å². The fourth-order valence-electron chi connectivity index (χ4n) is 2.92. The minimum absolute atomic E-state index is 0.0557. The van der Waals surface area contributed by atoms with Crippen LogP contribution in [-0.2, 0) is 11.6 Å². The van der Waals surface area contributed by atoms with Gasteiger partial charge in [0.25, 0.3) is 11.6 Å². The van der Waals surface area contributed by atoms with Crippen LogP contribution in [0.5, 0.6) is 11.5 Å². The predicted octanol–water partition coefficient (Wildman–Crippen LogP) is 4.73. The minimum Gasteiger partial charge on any atom is -0.493 e. The Morgan fingerprint density at radius 3 is 2.32 bits per heavy atom. The zero-order valence-electron chi connectivity index (χ0n) is 17.5. The van der Waals surface area contributed by atoms with Gasteiger partial charge in [0.05, 0.1) is 30.3 Å². The number of ether oxygens (including phenoxy) is 2.